The first-order chi connectivity index (χ1) is 12.6. The van der Waals surface area contributed by atoms with E-state index in [2.05, 4.69) is 24.5 Å². The van der Waals surface area contributed by atoms with Gasteiger partial charge in [0.2, 0.25) is 0 Å². The molecule has 1 fully saturated rings. The highest BCUT2D eigenvalue weighted by Crippen LogP contribution is 2.19. The molecule has 9 heteroatoms. The lowest BCUT2D eigenvalue weighted by atomic mass is 10.2. The minimum absolute atomic E-state index is 0.0176. The third kappa shape index (κ3) is 3.17. The number of rotatable bonds is 3. The summed E-state index contributed by atoms with van der Waals surface area (Å²) in [5, 5.41) is 3.93. The van der Waals surface area contributed by atoms with Gasteiger partial charge in [-0.2, -0.15) is 0 Å². The average Bonchev–Trinajstić information content (AvgIpc) is 3.32. The Morgan fingerprint density at radius 3 is 2.38 bits per heavy atom. The second-order valence-electron chi connectivity index (χ2n) is 6.19. The van der Waals surface area contributed by atoms with E-state index in [9.17, 15) is 4.79 Å². The molecule has 8 nitrogen and oxygen atoms in total. The van der Waals surface area contributed by atoms with Gasteiger partial charge in [-0.1, -0.05) is 4.49 Å². The summed E-state index contributed by atoms with van der Waals surface area (Å²) in [5.74, 6) is 2.49. The Morgan fingerprint density at radius 2 is 1.73 bits per heavy atom. The van der Waals surface area contributed by atoms with Gasteiger partial charge in [0.15, 0.2) is 0 Å². The molecule has 0 aromatic carbocycles. The number of carbonyl (C=O) groups is 1. The van der Waals surface area contributed by atoms with Crippen molar-refractivity contribution in [3.8, 4) is 5.82 Å². The molecular formula is C17H19N7OS. The van der Waals surface area contributed by atoms with E-state index in [1.165, 1.54) is 0 Å². The van der Waals surface area contributed by atoms with Gasteiger partial charge in [0.25, 0.3) is 5.91 Å². The number of hydrogen-bond donors (Lipinski definition) is 0. The van der Waals surface area contributed by atoms with E-state index in [1.54, 1.807) is 0 Å². The SMILES string of the molecule is Cc1nc(N2CCN(C(=O)c3snnc3C)CC2)cc(-n2cccc2)n1. The minimum atomic E-state index is 0.0176. The minimum Gasteiger partial charge on any atom is -0.353 e. The van der Waals surface area contributed by atoms with Crippen LogP contribution in [0, 0.1) is 13.8 Å². The normalized spacial score (nSPS) is 14.7. The average molecular weight is 369 g/mol. The Balaban J connectivity index is 1.48. The number of amides is 1. The molecule has 0 bridgehead atoms. The van der Waals surface area contributed by atoms with E-state index in [1.807, 2.05) is 53.9 Å². The second-order valence-corrected chi connectivity index (χ2v) is 6.94. The predicted molar refractivity (Wildman–Crippen MR) is 98.9 cm³/mol. The summed E-state index contributed by atoms with van der Waals surface area (Å²) < 4.78 is 5.83. The Labute approximate surface area is 155 Å². The van der Waals surface area contributed by atoms with Crippen molar-refractivity contribution in [2.24, 2.45) is 0 Å². The largest absolute Gasteiger partial charge is 0.353 e. The molecule has 1 saturated heterocycles. The van der Waals surface area contributed by atoms with Crippen LogP contribution in [-0.2, 0) is 0 Å². The zero-order chi connectivity index (χ0) is 18.1. The number of piperazine rings is 1. The van der Waals surface area contributed by atoms with Crippen LogP contribution < -0.4 is 4.90 Å². The summed E-state index contributed by atoms with van der Waals surface area (Å²) in [4.78, 5) is 26.4. The highest BCUT2D eigenvalue weighted by molar-refractivity contribution is 7.07. The summed E-state index contributed by atoms with van der Waals surface area (Å²) in [7, 11) is 0. The summed E-state index contributed by atoms with van der Waals surface area (Å²) in [6.45, 7) is 6.49. The Hall–Kier alpha value is -2.81. The van der Waals surface area contributed by atoms with Crippen LogP contribution in [0.25, 0.3) is 5.82 Å². The van der Waals surface area contributed by atoms with Gasteiger partial charge in [-0.15, -0.1) is 5.10 Å². The van der Waals surface area contributed by atoms with Gasteiger partial charge >= 0.3 is 0 Å². The second kappa shape index (κ2) is 6.83. The van der Waals surface area contributed by atoms with E-state index < -0.39 is 0 Å². The van der Waals surface area contributed by atoms with Crippen LogP contribution in [-0.4, -0.2) is 61.1 Å². The fourth-order valence-electron chi connectivity index (χ4n) is 3.03. The quantitative estimate of drug-likeness (QED) is 0.699. The van der Waals surface area contributed by atoms with Crippen LogP contribution in [0.4, 0.5) is 5.82 Å². The molecule has 1 aliphatic heterocycles. The summed E-state index contributed by atoms with van der Waals surface area (Å²) >= 11 is 1.16. The van der Waals surface area contributed by atoms with Crippen LogP contribution in [0.15, 0.2) is 30.6 Å². The van der Waals surface area contributed by atoms with Crippen LogP contribution in [0.2, 0.25) is 0 Å². The zero-order valence-corrected chi connectivity index (χ0v) is 15.5. The molecule has 26 heavy (non-hydrogen) atoms. The summed E-state index contributed by atoms with van der Waals surface area (Å²) in [6, 6.07) is 5.93. The first kappa shape index (κ1) is 16.6. The molecule has 0 atom stereocenters. The number of aromatic nitrogens is 5. The van der Waals surface area contributed by atoms with Crippen molar-refractivity contribution in [3.05, 3.63) is 47.0 Å². The molecule has 1 aliphatic rings. The maximum absolute atomic E-state index is 12.6. The molecule has 3 aromatic rings. The van der Waals surface area contributed by atoms with Crippen LogP contribution in [0.5, 0.6) is 0 Å². The number of anilines is 1. The molecule has 0 spiro atoms. The summed E-state index contributed by atoms with van der Waals surface area (Å²) in [5.41, 5.74) is 0.699. The summed E-state index contributed by atoms with van der Waals surface area (Å²) in [6.07, 6.45) is 3.93. The maximum Gasteiger partial charge on any atom is 0.267 e. The molecule has 0 saturated carbocycles. The molecule has 1 amide bonds. The molecule has 0 radical (unpaired) electrons. The number of nitrogens with zero attached hydrogens (tertiary/aromatic N) is 7. The van der Waals surface area contributed by atoms with Gasteiger partial charge in [0.05, 0.1) is 5.69 Å². The molecule has 0 aliphatic carbocycles. The van der Waals surface area contributed by atoms with Crippen LogP contribution in [0.1, 0.15) is 21.2 Å². The van der Waals surface area contributed by atoms with Crippen molar-refractivity contribution in [2.75, 3.05) is 31.1 Å². The third-order valence-electron chi connectivity index (χ3n) is 4.42. The fourth-order valence-corrected chi connectivity index (χ4v) is 3.65. The van der Waals surface area contributed by atoms with Gasteiger partial charge in [-0.25, -0.2) is 9.97 Å². The highest BCUT2D eigenvalue weighted by Gasteiger charge is 2.25. The first-order valence-corrected chi connectivity index (χ1v) is 9.21. The van der Waals surface area contributed by atoms with Gasteiger partial charge in [0.1, 0.15) is 22.3 Å². The lowest BCUT2D eigenvalue weighted by molar-refractivity contribution is 0.0750. The molecule has 0 unspecified atom stereocenters. The number of aryl methyl sites for hydroxylation is 2. The predicted octanol–water partition coefficient (Wildman–Crippen LogP) is 1.70. The van der Waals surface area contributed by atoms with Crippen LogP contribution in [0.3, 0.4) is 0 Å². The topological polar surface area (TPSA) is 80.0 Å². The molecule has 4 heterocycles. The lowest BCUT2D eigenvalue weighted by Gasteiger charge is -2.35. The molecule has 3 aromatic heterocycles. The molecule has 4 rings (SSSR count). The van der Waals surface area contributed by atoms with E-state index >= 15 is 0 Å². The van der Waals surface area contributed by atoms with Crippen molar-refractivity contribution in [3.63, 3.8) is 0 Å². The maximum atomic E-state index is 12.6. The fraction of sp³-hybridized carbons (Fsp3) is 0.353. The zero-order valence-electron chi connectivity index (χ0n) is 14.7. The van der Waals surface area contributed by atoms with Crippen molar-refractivity contribution in [1.29, 1.82) is 0 Å². The third-order valence-corrected chi connectivity index (χ3v) is 5.23. The van der Waals surface area contributed by atoms with Crippen molar-refractivity contribution >= 4 is 23.3 Å². The van der Waals surface area contributed by atoms with E-state index in [0.717, 1.165) is 42.1 Å². The number of hydrogen-bond acceptors (Lipinski definition) is 7. The van der Waals surface area contributed by atoms with E-state index in [0.29, 0.717) is 23.7 Å². The monoisotopic (exact) mass is 369 g/mol. The smallest absolute Gasteiger partial charge is 0.267 e. The lowest BCUT2D eigenvalue weighted by Crippen LogP contribution is -2.49. The Bertz CT molecular complexity index is 913. The molecular weight excluding hydrogens is 350 g/mol. The van der Waals surface area contributed by atoms with Gasteiger partial charge in [-0.05, 0) is 37.5 Å². The van der Waals surface area contributed by atoms with Crippen LogP contribution >= 0.6 is 11.5 Å². The van der Waals surface area contributed by atoms with Gasteiger partial charge in [-0.3, -0.25) is 4.79 Å². The first-order valence-electron chi connectivity index (χ1n) is 8.44. The molecule has 134 valence electrons. The Kier molecular flexibility index (Phi) is 4.37. The van der Waals surface area contributed by atoms with Gasteiger partial charge in [0, 0.05) is 44.6 Å². The highest BCUT2D eigenvalue weighted by atomic mass is 32.1. The van der Waals surface area contributed by atoms with Crippen molar-refractivity contribution < 1.29 is 4.79 Å². The standard InChI is InChI=1S/C17H19N7OS/c1-12-16(26-21-20-12)17(25)24-9-7-23(8-10-24)15-11-14(18-13(2)19-15)22-5-3-4-6-22/h3-6,11H,7-10H2,1-2H3. The van der Waals surface area contributed by atoms with Crippen molar-refractivity contribution in [2.45, 2.75) is 13.8 Å². The number of carbonyl (C=O) groups excluding carboxylic acids is 1. The van der Waals surface area contributed by atoms with Gasteiger partial charge < -0.3 is 14.4 Å². The van der Waals surface area contributed by atoms with Crippen molar-refractivity contribution in [1.82, 2.24) is 29.0 Å². The van der Waals surface area contributed by atoms with E-state index in [-0.39, 0.29) is 5.91 Å². The van der Waals surface area contributed by atoms with E-state index in [4.69, 9.17) is 0 Å². The Morgan fingerprint density at radius 1 is 1.04 bits per heavy atom. The molecule has 0 N–H and O–H groups in total.